The van der Waals surface area contributed by atoms with E-state index in [9.17, 15) is 4.79 Å². The van der Waals surface area contributed by atoms with Gasteiger partial charge in [0.1, 0.15) is 5.75 Å². The van der Waals surface area contributed by atoms with Gasteiger partial charge in [-0.25, -0.2) is 0 Å². The molecule has 0 bridgehead atoms. The summed E-state index contributed by atoms with van der Waals surface area (Å²) in [5.74, 6) is 1.47. The number of unbranched alkanes of at least 4 members (excludes halogenated alkanes) is 1. The number of benzene rings is 1. The van der Waals surface area contributed by atoms with E-state index < -0.39 is 0 Å². The lowest BCUT2D eigenvalue weighted by atomic mass is 10.1. The SMILES string of the molecule is CCCCc1c(C)[nH]c(NCCCOc2cccc(CN3CCCCC3)c2)nc1=O. The minimum atomic E-state index is -0.121. The number of aromatic amines is 1. The molecule has 0 unspecified atom stereocenters. The minimum Gasteiger partial charge on any atom is -0.494 e. The van der Waals surface area contributed by atoms with Crippen LogP contribution in [0.3, 0.4) is 0 Å². The lowest BCUT2D eigenvalue weighted by molar-refractivity contribution is 0.220. The highest BCUT2D eigenvalue weighted by atomic mass is 16.5. The number of aryl methyl sites for hydroxylation is 1. The molecule has 2 heterocycles. The van der Waals surface area contributed by atoms with Crippen LogP contribution in [0.2, 0.25) is 0 Å². The van der Waals surface area contributed by atoms with E-state index in [2.05, 4.69) is 45.3 Å². The zero-order chi connectivity index (χ0) is 21.2. The topological polar surface area (TPSA) is 70.2 Å². The minimum absolute atomic E-state index is 0.121. The molecule has 2 N–H and O–H groups in total. The fraction of sp³-hybridized carbons (Fsp3) is 0.583. The average Bonchev–Trinajstić information content (AvgIpc) is 2.74. The summed E-state index contributed by atoms with van der Waals surface area (Å²) in [6.45, 7) is 8.80. The quantitative estimate of drug-likeness (QED) is 0.539. The highest BCUT2D eigenvalue weighted by molar-refractivity contribution is 5.30. The fourth-order valence-corrected chi connectivity index (χ4v) is 3.92. The highest BCUT2D eigenvalue weighted by Crippen LogP contribution is 2.17. The zero-order valence-corrected chi connectivity index (χ0v) is 18.5. The predicted octanol–water partition coefficient (Wildman–Crippen LogP) is 4.29. The summed E-state index contributed by atoms with van der Waals surface area (Å²) in [6.07, 6.45) is 7.68. The van der Waals surface area contributed by atoms with Crippen molar-refractivity contribution in [3.63, 3.8) is 0 Å². The van der Waals surface area contributed by atoms with Crippen LogP contribution >= 0.6 is 0 Å². The lowest BCUT2D eigenvalue weighted by Crippen LogP contribution is -2.29. The number of anilines is 1. The van der Waals surface area contributed by atoms with Gasteiger partial charge in [-0.3, -0.25) is 9.69 Å². The van der Waals surface area contributed by atoms with E-state index in [0.717, 1.165) is 49.2 Å². The second kappa shape index (κ2) is 11.7. The van der Waals surface area contributed by atoms with Gasteiger partial charge in [-0.15, -0.1) is 0 Å². The summed E-state index contributed by atoms with van der Waals surface area (Å²) in [5.41, 5.74) is 2.90. The largest absolute Gasteiger partial charge is 0.494 e. The van der Waals surface area contributed by atoms with Crippen LogP contribution in [0.5, 0.6) is 5.75 Å². The lowest BCUT2D eigenvalue weighted by Gasteiger charge is -2.26. The van der Waals surface area contributed by atoms with Gasteiger partial charge in [0.15, 0.2) is 0 Å². The maximum Gasteiger partial charge on any atom is 0.277 e. The van der Waals surface area contributed by atoms with E-state index in [-0.39, 0.29) is 5.56 Å². The molecular formula is C24H36N4O2. The Morgan fingerprint density at radius 1 is 1.20 bits per heavy atom. The average molecular weight is 413 g/mol. The van der Waals surface area contributed by atoms with Gasteiger partial charge in [-0.05, 0) is 69.8 Å². The maximum atomic E-state index is 12.2. The maximum absolute atomic E-state index is 12.2. The van der Waals surface area contributed by atoms with Gasteiger partial charge in [-0.1, -0.05) is 31.9 Å². The van der Waals surface area contributed by atoms with Gasteiger partial charge < -0.3 is 15.0 Å². The van der Waals surface area contributed by atoms with Gasteiger partial charge in [0.25, 0.3) is 5.56 Å². The van der Waals surface area contributed by atoms with Crippen LogP contribution in [-0.2, 0) is 13.0 Å². The number of H-pyrrole nitrogens is 1. The van der Waals surface area contributed by atoms with Crippen LogP contribution in [0, 0.1) is 6.92 Å². The second-order valence-corrected chi connectivity index (χ2v) is 8.21. The first-order chi connectivity index (χ1) is 14.7. The Kier molecular flexibility index (Phi) is 8.75. The Bertz CT molecular complexity index is 843. The van der Waals surface area contributed by atoms with Crippen LogP contribution < -0.4 is 15.6 Å². The van der Waals surface area contributed by atoms with Crippen molar-refractivity contribution in [2.24, 2.45) is 0 Å². The van der Waals surface area contributed by atoms with Crippen LogP contribution in [0.4, 0.5) is 5.95 Å². The monoisotopic (exact) mass is 412 g/mol. The number of hydrogen-bond donors (Lipinski definition) is 2. The Hall–Kier alpha value is -2.34. The van der Waals surface area contributed by atoms with Gasteiger partial charge in [0, 0.05) is 24.3 Å². The van der Waals surface area contributed by atoms with Crippen molar-refractivity contribution in [1.82, 2.24) is 14.9 Å². The standard InChI is InChI=1S/C24H36N4O2/c1-3-4-12-22-19(2)26-24(27-23(22)29)25-13-9-16-30-21-11-8-10-20(17-21)18-28-14-6-5-7-15-28/h8,10-11,17H,3-7,9,12-16,18H2,1-2H3,(H2,25,26,27,29). The molecule has 1 aliphatic heterocycles. The normalized spacial score (nSPS) is 14.6. The molecule has 0 spiro atoms. The first-order valence-electron chi connectivity index (χ1n) is 11.4. The van der Waals surface area contributed by atoms with E-state index in [1.807, 2.05) is 13.0 Å². The van der Waals surface area contributed by atoms with Crippen molar-refractivity contribution in [2.75, 3.05) is 31.6 Å². The third-order valence-corrected chi connectivity index (χ3v) is 5.65. The first kappa shape index (κ1) is 22.3. The molecule has 3 rings (SSSR count). The van der Waals surface area contributed by atoms with Crippen molar-refractivity contribution in [2.45, 2.75) is 65.3 Å². The number of piperidine rings is 1. The number of aromatic nitrogens is 2. The van der Waals surface area contributed by atoms with Crippen LogP contribution in [0.25, 0.3) is 0 Å². The summed E-state index contributed by atoms with van der Waals surface area (Å²) in [5, 5.41) is 3.21. The van der Waals surface area contributed by atoms with Crippen molar-refractivity contribution in [3.05, 3.63) is 51.4 Å². The molecule has 6 heteroatoms. The Balaban J connectivity index is 1.41. The summed E-state index contributed by atoms with van der Waals surface area (Å²) in [7, 11) is 0. The molecule has 1 fully saturated rings. The van der Waals surface area contributed by atoms with Gasteiger partial charge in [-0.2, -0.15) is 4.98 Å². The van der Waals surface area contributed by atoms with E-state index in [1.54, 1.807) is 0 Å². The Labute approximate surface area is 180 Å². The van der Waals surface area contributed by atoms with E-state index in [1.165, 1.54) is 37.9 Å². The van der Waals surface area contributed by atoms with Gasteiger partial charge in [0.05, 0.1) is 6.61 Å². The summed E-state index contributed by atoms with van der Waals surface area (Å²) < 4.78 is 5.93. The van der Waals surface area contributed by atoms with E-state index >= 15 is 0 Å². The third-order valence-electron chi connectivity index (χ3n) is 5.65. The second-order valence-electron chi connectivity index (χ2n) is 8.21. The number of hydrogen-bond acceptors (Lipinski definition) is 5. The van der Waals surface area contributed by atoms with Gasteiger partial charge in [0.2, 0.25) is 5.95 Å². The van der Waals surface area contributed by atoms with Crippen LogP contribution in [-0.4, -0.2) is 41.1 Å². The molecule has 1 aromatic heterocycles. The third kappa shape index (κ3) is 6.87. The van der Waals surface area contributed by atoms with Gasteiger partial charge >= 0.3 is 0 Å². The summed E-state index contributed by atoms with van der Waals surface area (Å²) in [4.78, 5) is 22.1. The molecule has 2 aromatic rings. The summed E-state index contributed by atoms with van der Waals surface area (Å²) >= 11 is 0. The number of likely N-dealkylation sites (tertiary alicyclic amines) is 1. The first-order valence-corrected chi connectivity index (χ1v) is 11.4. The van der Waals surface area contributed by atoms with Crippen molar-refractivity contribution in [3.8, 4) is 5.75 Å². The molecule has 1 aromatic carbocycles. The van der Waals surface area contributed by atoms with Crippen molar-refractivity contribution < 1.29 is 4.74 Å². The molecule has 0 radical (unpaired) electrons. The Morgan fingerprint density at radius 3 is 2.80 bits per heavy atom. The Morgan fingerprint density at radius 2 is 2.03 bits per heavy atom. The zero-order valence-electron chi connectivity index (χ0n) is 18.5. The molecule has 6 nitrogen and oxygen atoms in total. The molecule has 0 atom stereocenters. The molecule has 1 aliphatic rings. The highest BCUT2D eigenvalue weighted by Gasteiger charge is 2.11. The fourth-order valence-electron chi connectivity index (χ4n) is 3.92. The van der Waals surface area contributed by atoms with Crippen molar-refractivity contribution in [1.29, 1.82) is 0 Å². The molecule has 1 saturated heterocycles. The molecular weight excluding hydrogens is 376 g/mol. The molecule has 30 heavy (non-hydrogen) atoms. The predicted molar refractivity (Wildman–Crippen MR) is 122 cm³/mol. The van der Waals surface area contributed by atoms with E-state index in [0.29, 0.717) is 19.1 Å². The molecule has 0 amide bonds. The molecule has 0 aliphatic carbocycles. The van der Waals surface area contributed by atoms with Crippen LogP contribution in [0.1, 0.15) is 62.3 Å². The number of nitrogens with one attached hydrogen (secondary N) is 2. The number of rotatable bonds is 11. The number of ether oxygens (including phenoxy) is 1. The van der Waals surface area contributed by atoms with E-state index in [4.69, 9.17) is 4.74 Å². The smallest absolute Gasteiger partial charge is 0.277 e. The summed E-state index contributed by atoms with van der Waals surface area (Å²) in [6, 6.07) is 8.42. The molecule has 164 valence electrons. The number of nitrogens with zero attached hydrogens (tertiary/aromatic N) is 2. The van der Waals surface area contributed by atoms with Crippen LogP contribution in [0.15, 0.2) is 29.1 Å². The van der Waals surface area contributed by atoms with Crippen molar-refractivity contribution >= 4 is 5.95 Å². The molecule has 0 saturated carbocycles.